The van der Waals surface area contributed by atoms with Crippen LogP contribution in [0.25, 0.3) is 0 Å². The third-order valence-electron chi connectivity index (χ3n) is 2.32. The molecule has 1 aliphatic rings. The highest BCUT2D eigenvalue weighted by atomic mass is 32.2. The molecule has 1 aliphatic heterocycles. The lowest BCUT2D eigenvalue weighted by molar-refractivity contribution is 0.457. The third-order valence-corrected chi connectivity index (χ3v) is 3.68. The van der Waals surface area contributed by atoms with Crippen molar-refractivity contribution in [2.24, 2.45) is 5.92 Å². The van der Waals surface area contributed by atoms with Gasteiger partial charge in [-0.05, 0) is 31.6 Å². The summed E-state index contributed by atoms with van der Waals surface area (Å²) in [7, 11) is 0. The highest BCUT2D eigenvalue weighted by Gasteiger charge is 2.22. The van der Waals surface area contributed by atoms with E-state index in [4.69, 9.17) is 0 Å². The molecular weight excluding hydrogens is 166 g/mol. The zero-order valence-electron chi connectivity index (χ0n) is 8.10. The van der Waals surface area contributed by atoms with Gasteiger partial charge in [-0.15, -0.1) is 6.58 Å². The Balaban J connectivity index is 2.10. The maximum Gasteiger partial charge on any atom is 0.0191 e. The number of hydrogen-bond acceptors (Lipinski definition) is 2. The molecule has 1 heterocycles. The van der Waals surface area contributed by atoms with E-state index in [2.05, 4.69) is 37.5 Å². The van der Waals surface area contributed by atoms with E-state index in [1.165, 1.54) is 17.1 Å². The van der Waals surface area contributed by atoms with Crippen molar-refractivity contribution in [3.63, 3.8) is 0 Å². The molecule has 0 saturated carbocycles. The van der Waals surface area contributed by atoms with Crippen molar-refractivity contribution >= 4 is 11.8 Å². The van der Waals surface area contributed by atoms with Gasteiger partial charge in [-0.2, -0.15) is 11.8 Å². The predicted octanol–water partition coefficient (Wildman–Crippen LogP) is 2.29. The van der Waals surface area contributed by atoms with Crippen molar-refractivity contribution in [2.45, 2.75) is 26.3 Å². The Morgan fingerprint density at radius 3 is 2.83 bits per heavy atom. The largest absolute Gasteiger partial charge is 0.313 e. The molecule has 1 saturated heterocycles. The Morgan fingerprint density at radius 2 is 2.33 bits per heavy atom. The second-order valence-electron chi connectivity index (χ2n) is 3.78. The average Bonchev–Trinajstić information content (AvgIpc) is 2.36. The quantitative estimate of drug-likeness (QED) is 0.674. The van der Waals surface area contributed by atoms with Gasteiger partial charge in [0.05, 0.1) is 0 Å². The number of hydrogen-bond donors (Lipinski definition) is 1. The van der Waals surface area contributed by atoms with Gasteiger partial charge in [0.25, 0.3) is 0 Å². The van der Waals surface area contributed by atoms with Crippen molar-refractivity contribution in [2.75, 3.05) is 18.1 Å². The van der Waals surface area contributed by atoms with Gasteiger partial charge in [-0.1, -0.05) is 12.5 Å². The topological polar surface area (TPSA) is 12.0 Å². The van der Waals surface area contributed by atoms with Crippen molar-refractivity contribution in [1.29, 1.82) is 0 Å². The zero-order valence-corrected chi connectivity index (χ0v) is 8.91. The van der Waals surface area contributed by atoms with Crippen LogP contribution in [0.3, 0.4) is 0 Å². The minimum Gasteiger partial charge on any atom is -0.313 e. The lowest BCUT2D eigenvalue weighted by atomic mass is 10.1. The monoisotopic (exact) mass is 185 g/mol. The number of nitrogens with one attached hydrogen (secondary N) is 1. The second kappa shape index (κ2) is 4.93. The minimum absolute atomic E-state index is 0.745. The molecule has 1 fully saturated rings. The molecule has 1 N–H and O–H groups in total. The molecule has 1 rings (SSSR count). The molecule has 0 amide bonds. The molecule has 0 radical (unpaired) electrons. The Morgan fingerprint density at radius 1 is 1.58 bits per heavy atom. The summed E-state index contributed by atoms with van der Waals surface area (Å²) in [5.74, 6) is 3.46. The first-order chi connectivity index (χ1) is 5.70. The predicted molar refractivity (Wildman–Crippen MR) is 57.7 cm³/mol. The van der Waals surface area contributed by atoms with Gasteiger partial charge in [0.15, 0.2) is 0 Å². The molecule has 0 spiro atoms. The first-order valence-electron chi connectivity index (χ1n) is 4.65. The molecule has 0 aromatic rings. The molecule has 1 nitrogen and oxygen atoms in total. The van der Waals surface area contributed by atoms with Crippen molar-refractivity contribution < 1.29 is 0 Å². The fourth-order valence-corrected chi connectivity index (χ4v) is 2.83. The van der Waals surface area contributed by atoms with Crippen LogP contribution >= 0.6 is 11.8 Å². The van der Waals surface area contributed by atoms with E-state index >= 15 is 0 Å². The van der Waals surface area contributed by atoms with Gasteiger partial charge in [0, 0.05) is 11.8 Å². The van der Waals surface area contributed by atoms with Crippen LogP contribution in [0.5, 0.6) is 0 Å². The Bertz CT molecular complexity index is 156. The van der Waals surface area contributed by atoms with Crippen molar-refractivity contribution in [3.05, 3.63) is 12.2 Å². The summed E-state index contributed by atoms with van der Waals surface area (Å²) in [4.78, 5) is 0. The lowest BCUT2D eigenvalue weighted by Gasteiger charge is -2.15. The fourth-order valence-electron chi connectivity index (χ4n) is 1.39. The first-order valence-corrected chi connectivity index (χ1v) is 5.81. The van der Waals surface area contributed by atoms with Crippen LogP contribution < -0.4 is 5.32 Å². The molecule has 0 aliphatic carbocycles. The van der Waals surface area contributed by atoms with Crippen LogP contribution in [0.15, 0.2) is 12.2 Å². The van der Waals surface area contributed by atoms with Gasteiger partial charge >= 0.3 is 0 Å². The van der Waals surface area contributed by atoms with Crippen LogP contribution in [0.4, 0.5) is 0 Å². The standard InChI is InChI=1S/C10H19NS/c1-8(2)4-5-11-10-7-12-6-9(10)3/h9-11H,1,4-7H2,2-3H3. The van der Waals surface area contributed by atoms with Gasteiger partial charge in [-0.3, -0.25) is 0 Å². The van der Waals surface area contributed by atoms with E-state index in [0.29, 0.717) is 0 Å². The van der Waals surface area contributed by atoms with E-state index < -0.39 is 0 Å². The van der Waals surface area contributed by atoms with E-state index in [-0.39, 0.29) is 0 Å². The first kappa shape index (κ1) is 10.1. The summed E-state index contributed by atoms with van der Waals surface area (Å²) >= 11 is 2.06. The smallest absolute Gasteiger partial charge is 0.0191 e. The Hall–Kier alpha value is 0.0500. The van der Waals surface area contributed by atoms with E-state index in [1.807, 2.05) is 0 Å². The molecule has 2 unspecified atom stereocenters. The summed E-state index contributed by atoms with van der Waals surface area (Å²) in [6.07, 6.45) is 1.12. The highest BCUT2D eigenvalue weighted by Crippen LogP contribution is 2.23. The normalized spacial score (nSPS) is 29.2. The molecule has 12 heavy (non-hydrogen) atoms. The van der Waals surface area contributed by atoms with Crippen LogP contribution in [-0.2, 0) is 0 Å². The summed E-state index contributed by atoms with van der Waals surface area (Å²) in [5.41, 5.74) is 1.28. The van der Waals surface area contributed by atoms with Crippen LogP contribution in [0.2, 0.25) is 0 Å². The number of rotatable bonds is 4. The van der Waals surface area contributed by atoms with E-state index in [1.54, 1.807) is 0 Å². The maximum atomic E-state index is 3.89. The summed E-state index contributed by atoms with van der Waals surface area (Å²) in [6.45, 7) is 9.42. The van der Waals surface area contributed by atoms with Crippen LogP contribution in [0, 0.1) is 5.92 Å². The Labute approximate surface area is 80.0 Å². The van der Waals surface area contributed by atoms with Crippen molar-refractivity contribution in [3.8, 4) is 0 Å². The average molecular weight is 185 g/mol. The van der Waals surface area contributed by atoms with Gasteiger partial charge < -0.3 is 5.32 Å². The van der Waals surface area contributed by atoms with Gasteiger partial charge in [0.2, 0.25) is 0 Å². The maximum absolute atomic E-state index is 3.89. The molecule has 0 aromatic carbocycles. The van der Waals surface area contributed by atoms with Gasteiger partial charge in [-0.25, -0.2) is 0 Å². The zero-order chi connectivity index (χ0) is 8.97. The highest BCUT2D eigenvalue weighted by molar-refractivity contribution is 7.99. The third kappa shape index (κ3) is 3.20. The SMILES string of the molecule is C=C(C)CCNC1CSCC1C. The van der Waals surface area contributed by atoms with Crippen LogP contribution in [0.1, 0.15) is 20.3 Å². The second-order valence-corrected chi connectivity index (χ2v) is 4.86. The summed E-state index contributed by atoms with van der Waals surface area (Å²) in [5, 5.41) is 3.58. The van der Waals surface area contributed by atoms with Crippen LogP contribution in [-0.4, -0.2) is 24.1 Å². The van der Waals surface area contributed by atoms with Crippen molar-refractivity contribution in [1.82, 2.24) is 5.32 Å². The Kier molecular flexibility index (Phi) is 4.16. The molecule has 70 valence electrons. The summed E-state index contributed by atoms with van der Waals surface area (Å²) < 4.78 is 0. The van der Waals surface area contributed by atoms with E-state index in [9.17, 15) is 0 Å². The molecule has 2 atom stereocenters. The fraction of sp³-hybridized carbons (Fsp3) is 0.800. The minimum atomic E-state index is 0.745. The lowest BCUT2D eigenvalue weighted by Crippen LogP contribution is -2.34. The number of thioether (sulfide) groups is 1. The molecular formula is C10H19NS. The molecule has 2 heteroatoms. The molecule has 0 aromatic heterocycles. The molecule has 0 bridgehead atoms. The summed E-state index contributed by atoms with van der Waals surface area (Å²) in [6, 6.07) is 0.745. The van der Waals surface area contributed by atoms with Gasteiger partial charge in [0.1, 0.15) is 0 Å². The van der Waals surface area contributed by atoms with E-state index in [0.717, 1.165) is 24.9 Å².